The summed E-state index contributed by atoms with van der Waals surface area (Å²) in [6.45, 7) is 2.02. The lowest BCUT2D eigenvalue weighted by molar-refractivity contribution is 0.404. The van der Waals surface area contributed by atoms with Gasteiger partial charge >= 0.3 is 0 Å². The van der Waals surface area contributed by atoms with Crippen LogP contribution in [-0.2, 0) is 0 Å². The van der Waals surface area contributed by atoms with Crippen LogP contribution in [-0.4, -0.2) is 12.1 Å². The van der Waals surface area contributed by atoms with E-state index in [0.717, 1.165) is 22.4 Å². The normalized spacial score (nSPS) is 12.2. The first-order chi connectivity index (χ1) is 9.15. The lowest BCUT2D eigenvalue weighted by Crippen LogP contribution is -2.29. The molecule has 0 amide bonds. The second-order valence-electron chi connectivity index (χ2n) is 4.26. The molecule has 2 rings (SSSR count). The van der Waals surface area contributed by atoms with Crippen molar-refractivity contribution in [2.75, 3.05) is 7.11 Å². The Kier molecular flexibility index (Phi) is 4.37. The molecule has 0 saturated heterocycles. The maximum Gasteiger partial charge on any atom is 0.129 e. The minimum absolute atomic E-state index is 0.199. The Balaban J connectivity index is 2.50. The smallest absolute Gasteiger partial charge is 0.129 e. The molecule has 5 heteroatoms. The standard InChI is InChI=1S/C14H16ClN3O/c1-9-3-4-12(19-2)11(7-9)14(18-16)10-5-6-17-13(15)8-10/h3-8,14,18H,16H2,1-2H3. The first-order valence-electron chi connectivity index (χ1n) is 5.88. The van der Waals surface area contributed by atoms with E-state index in [2.05, 4.69) is 10.4 Å². The summed E-state index contributed by atoms with van der Waals surface area (Å²) in [4.78, 5) is 3.98. The van der Waals surface area contributed by atoms with E-state index in [0.29, 0.717) is 5.15 Å². The first-order valence-corrected chi connectivity index (χ1v) is 6.25. The van der Waals surface area contributed by atoms with Gasteiger partial charge in [-0.2, -0.15) is 0 Å². The number of nitrogens with two attached hydrogens (primary N) is 1. The average molecular weight is 278 g/mol. The molecule has 1 aromatic heterocycles. The van der Waals surface area contributed by atoms with Gasteiger partial charge in [-0.3, -0.25) is 5.84 Å². The van der Waals surface area contributed by atoms with Crippen LogP contribution in [0.5, 0.6) is 5.75 Å². The molecule has 0 saturated carbocycles. The summed E-state index contributed by atoms with van der Waals surface area (Å²) >= 11 is 5.93. The number of ether oxygens (including phenoxy) is 1. The van der Waals surface area contributed by atoms with Gasteiger partial charge in [0, 0.05) is 11.8 Å². The first kappa shape index (κ1) is 13.8. The minimum Gasteiger partial charge on any atom is -0.496 e. The molecule has 0 radical (unpaired) electrons. The molecule has 1 heterocycles. The van der Waals surface area contributed by atoms with Crippen LogP contribution in [0.25, 0.3) is 0 Å². The van der Waals surface area contributed by atoms with Crippen molar-refractivity contribution in [3.63, 3.8) is 0 Å². The second-order valence-corrected chi connectivity index (χ2v) is 4.64. The molecule has 0 fully saturated rings. The quantitative estimate of drug-likeness (QED) is 0.512. The number of aromatic nitrogens is 1. The summed E-state index contributed by atoms with van der Waals surface area (Å²) in [5.74, 6) is 6.47. The number of benzene rings is 1. The maximum atomic E-state index is 5.93. The lowest BCUT2D eigenvalue weighted by atomic mass is 9.97. The topological polar surface area (TPSA) is 60.2 Å². The summed E-state index contributed by atoms with van der Waals surface area (Å²) < 4.78 is 5.39. The van der Waals surface area contributed by atoms with E-state index in [9.17, 15) is 0 Å². The molecule has 0 spiro atoms. The molecule has 100 valence electrons. The number of halogens is 1. The predicted octanol–water partition coefficient (Wildman–Crippen LogP) is 2.60. The molecule has 0 aliphatic heterocycles. The van der Waals surface area contributed by atoms with Crippen LogP contribution in [0.4, 0.5) is 0 Å². The largest absolute Gasteiger partial charge is 0.496 e. The molecule has 19 heavy (non-hydrogen) atoms. The zero-order valence-corrected chi connectivity index (χ0v) is 11.6. The van der Waals surface area contributed by atoms with E-state index in [-0.39, 0.29) is 6.04 Å². The number of nitrogens with one attached hydrogen (secondary N) is 1. The summed E-state index contributed by atoms with van der Waals surface area (Å²) in [5, 5.41) is 0.435. The van der Waals surface area contributed by atoms with E-state index in [1.807, 2.05) is 31.2 Å². The number of methoxy groups -OCH3 is 1. The van der Waals surface area contributed by atoms with Crippen LogP contribution in [0, 0.1) is 6.92 Å². The van der Waals surface area contributed by atoms with Gasteiger partial charge in [0.15, 0.2) is 0 Å². The fourth-order valence-corrected chi connectivity index (χ4v) is 2.22. The summed E-state index contributed by atoms with van der Waals surface area (Å²) in [6.07, 6.45) is 1.66. The van der Waals surface area contributed by atoms with Crippen LogP contribution in [0.2, 0.25) is 5.15 Å². The molecule has 2 aromatic rings. The number of hydrogen-bond donors (Lipinski definition) is 2. The van der Waals surface area contributed by atoms with E-state index < -0.39 is 0 Å². The lowest BCUT2D eigenvalue weighted by Gasteiger charge is -2.20. The van der Waals surface area contributed by atoms with Gasteiger partial charge < -0.3 is 4.74 Å². The number of hydrazine groups is 1. The van der Waals surface area contributed by atoms with Gasteiger partial charge in [-0.15, -0.1) is 0 Å². The van der Waals surface area contributed by atoms with Gasteiger partial charge in [-0.25, -0.2) is 10.4 Å². The Hall–Kier alpha value is -1.62. The van der Waals surface area contributed by atoms with Gasteiger partial charge in [0.25, 0.3) is 0 Å². The Labute approximate surface area is 117 Å². The van der Waals surface area contributed by atoms with Crippen LogP contribution in [0.15, 0.2) is 36.5 Å². The molecule has 3 N–H and O–H groups in total. The van der Waals surface area contributed by atoms with Crippen molar-refractivity contribution >= 4 is 11.6 Å². The highest BCUT2D eigenvalue weighted by Crippen LogP contribution is 2.30. The number of nitrogens with zero attached hydrogens (tertiary/aromatic N) is 1. The van der Waals surface area contributed by atoms with Gasteiger partial charge in [-0.05, 0) is 30.7 Å². The van der Waals surface area contributed by atoms with Crippen molar-refractivity contribution in [3.8, 4) is 5.75 Å². The summed E-state index contributed by atoms with van der Waals surface area (Å²) in [6, 6.07) is 9.42. The predicted molar refractivity (Wildman–Crippen MR) is 76.1 cm³/mol. The van der Waals surface area contributed by atoms with Crippen LogP contribution in [0.1, 0.15) is 22.7 Å². The Morgan fingerprint density at radius 3 is 2.74 bits per heavy atom. The van der Waals surface area contributed by atoms with E-state index in [1.165, 1.54) is 0 Å². The number of hydrogen-bond acceptors (Lipinski definition) is 4. The molecule has 0 aliphatic carbocycles. The summed E-state index contributed by atoms with van der Waals surface area (Å²) in [7, 11) is 1.64. The number of rotatable bonds is 4. The Morgan fingerprint density at radius 2 is 2.11 bits per heavy atom. The zero-order valence-electron chi connectivity index (χ0n) is 10.9. The number of aryl methyl sites for hydroxylation is 1. The highest BCUT2D eigenvalue weighted by atomic mass is 35.5. The van der Waals surface area contributed by atoms with Crippen molar-refractivity contribution in [1.29, 1.82) is 0 Å². The van der Waals surface area contributed by atoms with Gasteiger partial charge in [-0.1, -0.05) is 29.3 Å². The Morgan fingerprint density at radius 1 is 1.32 bits per heavy atom. The third-order valence-corrected chi connectivity index (χ3v) is 3.15. The van der Waals surface area contributed by atoms with E-state index in [1.54, 1.807) is 19.4 Å². The highest BCUT2D eigenvalue weighted by molar-refractivity contribution is 6.29. The van der Waals surface area contributed by atoms with E-state index in [4.69, 9.17) is 22.2 Å². The molecule has 1 unspecified atom stereocenters. The fraction of sp³-hybridized carbons (Fsp3) is 0.214. The second kappa shape index (κ2) is 6.02. The molecule has 4 nitrogen and oxygen atoms in total. The molecule has 0 aliphatic rings. The molecule has 1 aromatic carbocycles. The third-order valence-electron chi connectivity index (χ3n) is 2.95. The van der Waals surface area contributed by atoms with Crippen LogP contribution < -0.4 is 16.0 Å². The third kappa shape index (κ3) is 3.04. The Bertz CT molecular complexity index is 574. The zero-order chi connectivity index (χ0) is 13.8. The molecule has 0 bridgehead atoms. The fourth-order valence-electron chi connectivity index (χ4n) is 2.04. The minimum atomic E-state index is -0.199. The monoisotopic (exact) mass is 277 g/mol. The molecular weight excluding hydrogens is 262 g/mol. The summed E-state index contributed by atoms with van der Waals surface area (Å²) in [5.41, 5.74) is 5.83. The van der Waals surface area contributed by atoms with Gasteiger partial charge in [0.1, 0.15) is 10.9 Å². The van der Waals surface area contributed by atoms with Crippen LogP contribution >= 0.6 is 11.6 Å². The highest BCUT2D eigenvalue weighted by Gasteiger charge is 2.17. The molecule has 1 atom stereocenters. The van der Waals surface area contributed by atoms with Gasteiger partial charge in [0.2, 0.25) is 0 Å². The van der Waals surface area contributed by atoms with Crippen molar-refractivity contribution in [1.82, 2.24) is 10.4 Å². The van der Waals surface area contributed by atoms with Crippen molar-refractivity contribution in [3.05, 3.63) is 58.4 Å². The van der Waals surface area contributed by atoms with Crippen molar-refractivity contribution in [2.45, 2.75) is 13.0 Å². The maximum absolute atomic E-state index is 5.93. The SMILES string of the molecule is COc1ccc(C)cc1C(NN)c1ccnc(Cl)c1. The van der Waals surface area contributed by atoms with E-state index >= 15 is 0 Å². The van der Waals surface area contributed by atoms with Crippen LogP contribution in [0.3, 0.4) is 0 Å². The number of pyridine rings is 1. The van der Waals surface area contributed by atoms with Gasteiger partial charge in [0.05, 0.1) is 13.2 Å². The van der Waals surface area contributed by atoms with Crippen molar-refractivity contribution in [2.24, 2.45) is 5.84 Å². The molecular formula is C14H16ClN3O. The average Bonchev–Trinajstić information content (AvgIpc) is 2.40. The van der Waals surface area contributed by atoms with Crippen molar-refractivity contribution < 1.29 is 4.74 Å².